The number of aromatic nitrogens is 2. The van der Waals surface area contributed by atoms with Crippen molar-refractivity contribution in [3.63, 3.8) is 0 Å². The number of nitrogen functional groups attached to an aromatic ring is 1. The molecule has 0 spiro atoms. The quantitative estimate of drug-likeness (QED) is 0.647. The van der Waals surface area contributed by atoms with Crippen molar-refractivity contribution >= 4 is 13.4 Å². The third-order valence-corrected chi connectivity index (χ3v) is 5.34. The molecule has 0 aromatic carbocycles. The molecular formula is C14H23FN3O6P. The molecule has 2 N–H and O–H groups in total. The van der Waals surface area contributed by atoms with Crippen molar-refractivity contribution in [3.8, 4) is 0 Å². The Bertz CT molecular complexity index is 675. The second-order valence-corrected chi connectivity index (χ2v) is 7.40. The fourth-order valence-corrected chi connectivity index (χ4v) is 3.82. The number of halogens is 1. The van der Waals surface area contributed by atoms with Crippen LogP contribution in [-0.2, 0) is 23.1 Å². The van der Waals surface area contributed by atoms with E-state index in [1.165, 1.54) is 0 Å². The fourth-order valence-electron chi connectivity index (χ4n) is 2.48. The Kier molecular flexibility index (Phi) is 7.09. The van der Waals surface area contributed by atoms with Gasteiger partial charge in [-0.25, -0.2) is 9.18 Å². The number of ether oxygens (including phenoxy) is 2. The minimum Gasteiger partial charge on any atom is -0.381 e. The predicted molar refractivity (Wildman–Crippen MR) is 87.7 cm³/mol. The number of hydrogen-bond acceptors (Lipinski definition) is 8. The topological polar surface area (TPSA) is 115 Å². The van der Waals surface area contributed by atoms with E-state index in [0.29, 0.717) is 12.8 Å². The number of rotatable bonds is 9. The summed E-state index contributed by atoms with van der Waals surface area (Å²) in [7, 11) is -3.28. The van der Waals surface area contributed by atoms with Crippen molar-refractivity contribution in [1.82, 2.24) is 9.55 Å². The normalized spacial score (nSPS) is 20.9. The van der Waals surface area contributed by atoms with Gasteiger partial charge in [-0.1, -0.05) is 0 Å². The third-order valence-electron chi connectivity index (χ3n) is 3.53. The van der Waals surface area contributed by atoms with E-state index in [1.54, 1.807) is 13.8 Å². The van der Waals surface area contributed by atoms with Gasteiger partial charge in [-0.15, -0.1) is 0 Å². The third kappa shape index (κ3) is 5.32. The molecule has 0 aliphatic carbocycles. The summed E-state index contributed by atoms with van der Waals surface area (Å²) in [5.74, 6) is -1.22. The van der Waals surface area contributed by atoms with E-state index in [1.807, 2.05) is 0 Å². The number of nitrogens with zero attached hydrogens (tertiary/aromatic N) is 2. The van der Waals surface area contributed by atoms with Crippen LogP contribution in [0.1, 0.15) is 32.9 Å². The van der Waals surface area contributed by atoms with Crippen LogP contribution in [0.4, 0.5) is 10.2 Å². The van der Waals surface area contributed by atoms with Gasteiger partial charge in [0, 0.05) is 0 Å². The molecule has 11 heteroatoms. The van der Waals surface area contributed by atoms with Crippen LogP contribution in [0.5, 0.6) is 0 Å². The number of hydrogen-bond donors (Lipinski definition) is 1. The minimum atomic E-state index is -3.28. The van der Waals surface area contributed by atoms with Gasteiger partial charge in [-0.05, 0) is 26.7 Å². The molecule has 9 nitrogen and oxygen atoms in total. The zero-order chi connectivity index (χ0) is 18.4. The van der Waals surface area contributed by atoms with Crippen molar-refractivity contribution in [2.45, 2.75) is 39.0 Å². The van der Waals surface area contributed by atoms with Crippen LogP contribution in [0.25, 0.3) is 0 Å². The minimum absolute atomic E-state index is 0.153. The summed E-state index contributed by atoms with van der Waals surface area (Å²) in [6, 6.07) is 0. The lowest BCUT2D eigenvalue weighted by molar-refractivity contribution is -0.0387. The van der Waals surface area contributed by atoms with Crippen LogP contribution in [0.3, 0.4) is 0 Å². The van der Waals surface area contributed by atoms with Crippen LogP contribution in [0.15, 0.2) is 11.0 Å². The summed E-state index contributed by atoms with van der Waals surface area (Å²) in [5.41, 5.74) is 4.58. The lowest BCUT2D eigenvalue weighted by Crippen LogP contribution is -2.29. The lowest BCUT2D eigenvalue weighted by atomic mass is 10.2. The summed E-state index contributed by atoms with van der Waals surface area (Å²) >= 11 is 0. The van der Waals surface area contributed by atoms with Gasteiger partial charge in [0.05, 0.1) is 32.1 Å². The fraction of sp³-hybridized carbons (Fsp3) is 0.714. The molecule has 1 aliphatic heterocycles. The van der Waals surface area contributed by atoms with E-state index in [-0.39, 0.29) is 32.3 Å². The molecule has 2 heterocycles. The molecule has 1 saturated heterocycles. The first-order chi connectivity index (χ1) is 11.9. The lowest BCUT2D eigenvalue weighted by Gasteiger charge is -2.19. The first kappa shape index (κ1) is 20.0. The molecule has 0 saturated carbocycles. The van der Waals surface area contributed by atoms with Gasteiger partial charge in [0.25, 0.3) is 0 Å². The number of nitrogens with two attached hydrogens (primary N) is 1. The molecule has 2 atom stereocenters. The summed E-state index contributed by atoms with van der Waals surface area (Å²) in [6.07, 6.45) is 0.918. The second-order valence-electron chi connectivity index (χ2n) is 5.40. The molecule has 1 aliphatic rings. The van der Waals surface area contributed by atoms with Gasteiger partial charge in [-0.3, -0.25) is 9.13 Å². The van der Waals surface area contributed by atoms with Gasteiger partial charge in [0.2, 0.25) is 0 Å². The van der Waals surface area contributed by atoms with Crippen molar-refractivity contribution in [2.24, 2.45) is 0 Å². The second kappa shape index (κ2) is 8.86. The smallest absolute Gasteiger partial charge is 0.356 e. The van der Waals surface area contributed by atoms with E-state index in [0.717, 1.165) is 10.8 Å². The van der Waals surface area contributed by atoms with E-state index < -0.39 is 31.1 Å². The van der Waals surface area contributed by atoms with Gasteiger partial charge in [0.15, 0.2) is 11.6 Å². The van der Waals surface area contributed by atoms with E-state index >= 15 is 0 Å². The van der Waals surface area contributed by atoms with E-state index in [9.17, 15) is 13.8 Å². The molecule has 0 radical (unpaired) electrons. The Balaban J connectivity index is 1.88. The first-order valence-electron chi connectivity index (χ1n) is 8.04. The van der Waals surface area contributed by atoms with Crippen LogP contribution < -0.4 is 11.4 Å². The summed E-state index contributed by atoms with van der Waals surface area (Å²) in [5, 5.41) is 0. The Hall–Kier alpha value is -1.32. The van der Waals surface area contributed by atoms with Crippen molar-refractivity contribution < 1.29 is 27.5 Å². The molecule has 2 rings (SSSR count). The highest BCUT2D eigenvalue weighted by Gasteiger charge is 2.30. The molecule has 1 aromatic heterocycles. The first-order valence-corrected chi connectivity index (χ1v) is 9.76. The molecule has 0 bridgehead atoms. The monoisotopic (exact) mass is 379 g/mol. The Morgan fingerprint density at radius 2 is 2.08 bits per heavy atom. The molecule has 1 aromatic rings. The molecule has 0 amide bonds. The Morgan fingerprint density at radius 3 is 2.72 bits per heavy atom. The highest BCUT2D eigenvalue weighted by Crippen LogP contribution is 2.48. The zero-order valence-corrected chi connectivity index (χ0v) is 15.1. The van der Waals surface area contributed by atoms with Gasteiger partial charge >= 0.3 is 13.3 Å². The summed E-state index contributed by atoms with van der Waals surface area (Å²) < 4.78 is 48.2. The number of anilines is 1. The maximum atomic E-state index is 13.5. The molecule has 142 valence electrons. The largest absolute Gasteiger partial charge is 0.381 e. The van der Waals surface area contributed by atoms with Crippen molar-refractivity contribution in [3.05, 3.63) is 22.5 Å². The molecule has 0 unspecified atom stereocenters. The van der Waals surface area contributed by atoms with Crippen molar-refractivity contribution in [2.75, 3.05) is 31.9 Å². The van der Waals surface area contributed by atoms with Crippen LogP contribution in [0, 0.1) is 5.82 Å². The van der Waals surface area contributed by atoms with Crippen LogP contribution >= 0.6 is 7.60 Å². The Morgan fingerprint density at radius 1 is 1.40 bits per heavy atom. The van der Waals surface area contributed by atoms with E-state index in [4.69, 9.17) is 24.3 Å². The maximum absolute atomic E-state index is 13.5. The van der Waals surface area contributed by atoms with Crippen LogP contribution in [-0.4, -0.2) is 41.8 Å². The Labute approximate surface area is 144 Å². The highest BCUT2D eigenvalue weighted by molar-refractivity contribution is 7.53. The molecule has 25 heavy (non-hydrogen) atoms. The van der Waals surface area contributed by atoms with E-state index in [2.05, 4.69) is 4.98 Å². The van der Waals surface area contributed by atoms with Gasteiger partial charge < -0.3 is 24.3 Å². The zero-order valence-electron chi connectivity index (χ0n) is 14.2. The predicted octanol–water partition coefficient (Wildman–Crippen LogP) is 1.88. The highest BCUT2D eigenvalue weighted by atomic mass is 31.2. The standard InChI is InChI=1S/C14H23FN3O6P/c1-3-22-25(20,23-4-2)9-21-8-10-5-6-12(24-10)18-7-11(15)13(16)17-14(18)19/h7,10,12H,3-6,8-9H2,1-2H3,(H2,16,17,19)/t10-,12+/m1/s1. The summed E-state index contributed by atoms with van der Waals surface area (Å²) in [6.45, 7) is 4.09. The molecular weight excluding hydrogens is 356 g/mol. The molecule has 1 fully saturated rings. The van der Waals surface area contributed by atoms with Crippen LogP contribution in [0.2, 0.25) is 0 Å². The SMILES string of the molecule is CCOP(=O)(COC[C@H]1CC[C@@H](n2cc(F)c(N)nc2=O)O1)OCC. The summed E-state index contributed by atoms with van der Waals surface area (Å²) in [4.78, 5) is 15.2. The van der Waals surface area contributed by atoms with Gasteiger partial charge in [-0.2, -0.15) is 4.98 Å². The average molecular weight is 379 g/mol. The average Bonchev–Trinajstić information content (AvgIpc) is 3.00. The van der Waals surface area contributed by atoms with Gasteiger partial charge in [0.1, 0.15) is 12.6 Å². The maximum Gasteiger partial charge on any atom is 0.356 e. The van der Waals surface area contributed by atoms with Crippen molar-refractivity contribution in [1.29, 1.82) is 0 Å².